The fourth-order valence-electron chi connectivity index (χ4n) is 1.76. The van der Waals surface area contributed by atoms with E-state index in [1.54, 1.807) is 0 Å². The van der Waals surface area contributed by atoms with Crippen molar-refractivity contribution in [1.82, 2.24) is 5.32 Å². The molecule has 5 heteroatoms. The van der Waals surface area contributed by atoms with Crippen LogP contribution in [-0.2, 0) is 4.79 Å². The van der Waals surface area contributed by atoms with Gasteiger partial charge in [-0.05, 0) is 31.2 Å². The highest BCUT2D eigenvalue weighted by Crippen LogP contribution is 2.32. The van der Waals surface area contributed by atoms with Gasteiger partial charge in [0.15, 0.2) is 0 Å². The third-order valence-electron chi connectivity index (χ3n) is 2.53. The van der Waals surface area contributed by atoms with E-state index >= 15 is 0 Å². The number of fused-ring (bicyclic) bond motifs is 1. The Kier molecular flexibility index (Phi) is 3.58. The van der Waals surface area contributed by atoms with Crippen LogP contribution >= 0.6 is 15.9 Å². The normalized spacial score (nSPS) is 18.4. The van der Waals surface area contributed by atoms with Crippen molar-refractivity contribution in [2.75, 3.05) is 18.5 Å². The molecule has 0 bridgehead atoms. The molecule has 0 aliphatic carbocycles. The molecule has 1 atom stereocenters. The lowest BCUT2D eigenvalue weighted by atomic mass is 10.1. The predicted octanol–water partition coefficient (Wildman–Crippen LogP) is 1.41. The summed E-state index contributed by atoms with van der Waals surface area (Å²) in [5.74, 6) is -0.0361. The minimum Gasteiger partial charge on any atom is -0.396 e. The lowest BCUT2D eigenvalue weighted by Crippen LogP contribution is -2.28. The van der Waals surface area contributed by atoms with Crippen molar-refractivity contribution in [3.05, 3.63) is 28.2 Å². The molecule has 1 amide bonds. The van der Waals surface area contributed by atoms with Gasteiger partial charge in [-0.1, -0.05) is 15.9 Å². The van der Waals surface area contributed by atoms with Gasteiger partial charge in [0.25, 0.3) is 0 Å². The molecular weight excluding hydrogens is 272 g/mol. The quantitative estimate of drug-likeness (QED) is 0.733. The second kappa shape index (κ2) is 4.95. The van der Waals surface area contributed by atoms with Gasteiger partial charge in [-0.2, -0.15) is 0 Å². The fraction of sp³-hybridized carbons (Fsp3) is 0.364. The van der Waals surface area contributed by atoms with Crippen LogP contribution in [0.2, 0.25) is 0 Å². The maximum absolute atomic E-state index is 11.7. The van der Waals surface area contributed by atoms with E-state index in [0.717, 1.165) is 15.7 Å². The number of amides is 1. The Morgan fingerprint density at radius 1 is 1.50 bits per heavy atom. The Balaban J connectivity index is 2.15. The van der Waals surface area contributed by atoms with Crippen molar-refractivity contribution in [3.63, 3.8) is 0 Å². The molecule has 1 aliphatic rings. The lowest BCUT2D eigenvalue weighted by molar-refractivity contribution is -0.117. The second-order valence-corrected chi connectivity index (χ2v) is 4.60. The lowest BCUT2D eigenvalue weighted by Gasteiger charge is -2.10. The van der Waals surface area contributed by atoms with Gasteiger partial charge >= 0.3 is 0 Å². The zero-order chi connectivity index (χ0) is 11.5. The minimum atomic E-state index is -0.306. The molecule has 1 heterocycles. The number of nitrogens with one attached hydrogen (secondary N) is 2. The molecular formula is C11H13BrN2O2. The number of carbonyl (C=O) groups is 1. The highest BCUT2D eigenvalue weighted by Gasteiger charge is 2.29. The summed E-state index contributed by atoms with van der Waals surface area (Å²) in [7, 11) is 0. The number of aliphatic hydroxyl groups excluding tert-OH is 1. The van der Waals surface area contributed by atoms with Crippen LogP contribution in [0.4, 0.5) is 5.69 Å². The van der Waals surface area contributed by atoms with E-state index in [0.29, 0.717) is 13.0 Å². The Hall–Kier alpha value is -0.910. The SMILES string of the molecule is O=C1Nc2ccc(Br)cc2C1NCCCO. The van der Waals surface area contributed by atoms with Gasteiger partial charge in [0.05, 0.1) is 0 Å². The summed E-state index contributed by atoms with van der Waals surface area (Å²) in [6.07, 6.45) is 0.646. The van der Waals surface area contributed by atoms with Crippen molar-refractivity contribution in [2.24, 2.45) is 0 Å². The van der Waals surface area contributed by atoms with Crippen LogP contribution < -0.4 is 10.6 Å². The van der Waals surface area contributed by atoms with Gasteiger partial charge < -0.3 is 15.7 Å². The van der Waals surface area contributed by atoms with Gasteiger partial charge in [-0.15, -0.1) is 0 Å². The fourth-order valence-corrected chi connectivity index (χ4v) is 2.14. The largest absolute Gasteiger partial charge is 0.396 e. The van der Waals surface area contributed by atoms with Crippen molar-refractivity contribution < 1.29 is 9.90 Å². The highest BCUT2D eigenvalue weighted by molar-refractivity contribution is 9.10. The molecule has 0 saturated carbocycles. The number of rotatable bonds is 4. The smallest absolute Gasteiger partial charge is 0.246 e. The summed E-state index contributed by atoms with van der Waals surface area (Å²) in [6, 6.07) is 5.41. The zero-order valence-corrected chi connectivity index (χ0v) is 10.3. The molecule has 0 spiro atoms. The first-order valence-electron chi connectivity index (χ1n) is 5.17. The maximum atomic E-state index is 11.7. The summed E-state index contributed by atoms with van der Waals surface area (Å²) < 4.78 is 0.955. The Labute approximate surface area is 102 Å². The molecule has 16 heavy (non-hydrogen) atoms. The van der Waals surface area contributed by atoms with Crippen molar-refractivity contribution in [2.45, 2.75) is 12.5 Å². The van der Waals surface area contributed by atoms with Crippen LogP contribution in [0, 0.1) is 0 Å². The van der Waals surface area contributed by atoms with Gasteiger partial charge in [-0.25, -0.2) is 0 Å². The Bertz CT molecular complexity index is 409. The summed E-state index contributed by atoms with van der Waals surface area (Å²) in [6.45, 7) is 0.757. The van der Waals surface area contributed by atoms with Crippen molar-refractivity contribution >= 4 is 27.5 Å². The third kappa shape index (κ3) is 2.26. The second-order valence-electron chi connectivity index (χ2n) is 3.69. The first-order valence-corrected chi connectivity index (χ1v) is 5.96. The summed E-state index contributed by atoms with van der Waals surface area (Å²) >= 11 is 3.39. The number of carbonyl (C=O) groups excluding carboxylic acids is 1. The van der Waals surface area contributed by atoms with E-state index in [2.05, 4.69) is 26.6 Å². The van der Waals surface area contributed by atoms with Crippen LogP contribution in [0.1, 0.15) is 18.0 Å². The molecule has 0 fully saturated rings. The summed E-state index contributed by atoms with van der Waals surface area (Å²) in [5, 5.41) is 14.6. The Morgan fingerprint density at radius 2 is 2.31 bits per heavy atom. The van der Waals surface area contributed by atoms with Crippen molar-refractivity contribution in [3.8, 4) is 0 Å². The number of benzene rings is 1. The minimum absolute atomic E-state index is 0.0361. The van der Waals surface area contributed by atoms with Crippen LogP contribution in [0.5, 0.6) is 0 Å². The predicted molar refractivity (Wildman–Crippen MR) is 65.2 cm³/mol. The van der Waals surface area contributed by atoms with Crippen LogP contribution in [0.25, 0.3) is 0 Å². The molecule has 1 aromatic carbocycles. The number of hydrogen-bond donors (Lipinski definition) is 3. The molecule has 0 aromatic heterocycles. The summed E-state index contributed by atoms with van der Waals surface area (Å²) in [5.41, 5.74) is 1.81. The molecule has 2 rings (SSSR count). The number of hydrogen-bond acceptors (Lipinski definition) is 3. The van der Waals surface area contributed by atoms with Crippen LogP contribution in [0.3, 0.4) is 0 Å². The molecule has 1 unspecified atom stereocenters. The van der Waals surface area contributed by atoms with E-state index in [1.807, 2.05) is 18.2 Å². The monoisotopic (exact) mass is 284 g/mol. The van der Waals surface area contributed by atoms with Gasteiger partial charge in [0.2, 0.25) is 5.91 Å². The van der Waals surface area contributed by atoms with E-state index in [4.69, 9.17) is 5.11 Å². The molecule has 3 N–H and O–H groups in total. The van der Waals surface area contributed by atoms with E-state index < -0.39 is 0 Å². The van der Waals surface area contributed by atoms with Crippen LogP contribution in [-0.4, -0.2) is 24.2 Å². The van der Waals surface area contributed by atoms with Crippen molar-refractivity contribution in [1.29, 1.82) is 0 Å². The first-order chi connectivity index (χ1) is 7.72. The average molecular weight is 285 g/mol. The maximum Gasteiger partial charge on any atom is 0.246 e. The van der Waals surface area contributed by atoms with E-state index in [9.17, 15) is 4.79 Å². The number of aliphatic hydroxyl groups is 1. The van der Waals surface area contributed by atoms with Gasteiger partial charge in [-0.3, -0.25) is 4.79 Å². The number of anilines is 1. The summed E-state index contributed by atoms with van der Waals surface area (Å²) in [4.78, 5) is 11.7. The standard InChI is InChI=1S/C11H13BrN2O2/c12-7-2-3-9-8(6-7)10(11(16)14-9)13-4-1-5-15/h2-3,6,10,13,15H,1,4-5H2,(H,14,16). The number of halogens is 1. The van der Waals surface area contributed by atoms with Crippen LogP contribution in [0.15, 0.2) is 22.7 Å². The molecule has 4 nitrogen and oxygen atoms in total. The molecule has 86 valence electrons. The molecule has 1 aromatic rings. The van der Waals surface area contributed by atoms with Gasteiger partial charge in [0, 0.05) is 22.3 Å². The third-order valence-corrected chi connectivity index (χ3v) is 3.02. The first kappa shape index (κ1) is 11.6. The molecule has 0 radical (unpaired) electrons. The zero-order valence-electron chi connectivity index (χ0n) is 8.66. The highest BCUT2D eigenvalue weighted by atomic mass is 79.9. The topological polar surface area (TPSA) is 61.4 Å². The molecule has 1 aliphatic heterocycles. The average Bonchev–Trinajstić information content (AvgIpc) is 2.56. The van der Waals surface area contributed by atoms with Gasteiger partial charge in [0.1, 0.15) is 6.04 Å². The van der Waals surface area contributed by atoms with E-state index in [-0.39, 0.29) is 18.6 Å². The Morgan fingerprint density at radius 3 is 3.06 bits per heavy atom. The molecule has 0 saturated heterocycles. The van der Waals surface area contributed by atoms with E-state index in [1.165, 1.54) is 0 Å².